The van der Waals surface area contributed by atoms with Crippen LogP contribution in [0.15, 0.2) is 18.3 Å². The number of hydrogen-bond donors (Lipinski definition) is 2. The van der Waals surface area contributed by atoms with Gasteiger partial charge in [-0.3, -0.25) is 0 Å². The van der Waals surface area contributed by atoms with E-state index in [1.165, 1.54) is 18.4 Å². The molecule has 0 bridgehead atoms. The fourth-order valence-corrected chi connectivity index (χ4v) is 2.05. The summed E-state index contributed by atoms with van der Waals surface area (Å²) in [6.07, 6.45) is 1.68. The smallest absolute Gasteiger partial charge is 0.215 e. The summed E-state index contributed by atoms with van der Waals surface area (Å²) < 4.78 is 24.3. The highest BCUT2D eigenvalue weighted by Crippen LogP contribution is 2.11. The van der Waals surface area contributed by atoms with E-state index >= 15 is 0 Å². The number of anilines is 2. The number of hydrogen-bond acceptors (Lipinski definition) is 5. The zero-order chi connectivity index (χ0) is 13.6. The van der Waals surface area contributed by atoms with Crippen LogP contribution < -0.4 is 10.6 Å². The maximum Gasteiger partial charge on any atom is 0.215 e. The van der Waals surface area contributed by atoms with Crippen molar-refractivity contribution in [3.8, 4) is 0 Å². The fourth-order valence-electron chi connectivity index (χ4n) is 1.33. The van der Waals surface area contributed by atoms with E-state index in [4.69, 9.17) is 0 Å². The summed E-state index contributed by atoms with van der Waals surface area (Å²) in [7, 11) is -0.0835. The van der Waals surface area contributed by atoms with E-state index in [-0.39, 0.29) is 5.75 Å². The molecule has 1 rings (SSSR count). The second-order valence-corrected chi connectivity index (χ2v) is 6.29. The molecule has 0 aliphatic heterocycles. The van der Waals surface area contributed by atoms with Gasteiger partial charge >= 0.3 is 0 Å². The molecule has 0 aliphatic rings. The topological polar surface area (TPSA) is 74.3 Å². The second-order valence-electron chi connectivity index (χ2n) is 3.99. The van der Waals surface area contributed by atoms with Gasteiger partial charge in [-0.15, -0.1) is 0 Å². The summed E-state index contributed by atoms with van der Waals surface area (Å²) in [5.74, 6) is 0.844. The quantitative estimate of drug-likeness (QED) is 0.768. The van der Waals surface area contributed by atoms with E-state index < -0.39 is 10.0 Å². The monoisotopic (exact) mass is 272 g/mol. The van der Waals surface area contributed by atoms with Crippen molar-refractivity contribution in [1.29, 1.82) is 0 Å². The lowest BCUT2D eigenvalue weighted by Crippen LogP contribution is -2.28. The maximum atomic E-state index is 11.6. The molecule has 18 heavy (non-hydrogen) atoms. The van der Waals surface area contributed by atoms with Crippen molar-refractivity contribution < 1.29 is 8.42 Å². The highest BCUT2D eigenvalue weighted by atomic mass is 32.2. The Morgan fingerprint density at radius 2 is 2.06 bits per heavy atom. The third kappa shape index (κ3) is 4.50. The number of rotatable bonds is 7. The molecule has 0 saturated carbocycles. The minimum atomic E-state index is -3.15. The first-order chi connectivity index (χ1) is 8.45. The average Bonchev–Trinajstić information content (AvgIpc) is 2.29. The Bertz CT molecular complexity index is 474. The first-order valence-electron chi connectivity index (χ1n) is 5.79. The third-order valence-corrected chi connectivity index (χ3v) is 4.20. The molecule has 0 saturated heterocycles. The van der Waals surface area contributed by atoms with Crippen LogP contribution in [0.3, 0.4) is 0 Å². The van der Waals surface area contributed by atoms with Gasteiger partial charge in [0.2, 0.25) is 10.0 Å². The standard InChI is InChI=1S/C11H20N4O2S/c1-4-12-11-9-10(5-6-14-11)13-7-8-18(16,17)15(2)3/h5-6,9H,4,7-8H2,1-3H3,(H2,12,13,14). The minimum absolute atomic E-state index is 0.0683. The lowest BCUT2D eigenvalue weighted by atomic mass is 10.4. The normalized spacial score (nSPS) is 11.6. The van der Waals surface area contributed by atoms with E-state index in [1.807, 2.05) is 19.1 Å². The van der Waals surface area contributed by atoms with E-state index in [9.17, 15) is 8.42 Å². The SMILES string of the molecule is CCNc1cc(NCCS(=O)(=O)N(C)C)ccn1. The van der Waals surface area contributed by atoms with Crippen LogP contribution in [0.1, 0.15) is 6.92 Å². The average molecular weight is 272 g/mol. The van der Waals surface area contributed by atoms with Crippen LogP contribution in [0.25, 0.3) is 0 Å². The van der Waals surface area contributed by atoms with Gasteiger partial charge in [-0.25, -0.2) is 17.7 Å². The first kappa shape index (κ1) is 14.7. The van der Waals surface area contributed by atoms with Gasteiger partial charge in [0, 0.05) is 45.1 Å². The molecule has 0 aliphatic carbocycles. The summed E-state index contributed by atoms with van der Waals surface area (Å²) >= 11 is 0. The number of aromatic nitrogens is 1. The Hall–Kier alpha value is -1.34. The molecule has 0 amide bonds. The molecule has 7 heteroatoms. The Morgan fingerprint density at radius 3 is 2.67 bits per heavy atom. The molecule has 0 spiro atoms. The highest BCUT2D eigenvalue weighted by Gasteiger charge is 2.12. The number of nitrogens with zero attached hydrogens (tertiary/aromatic N) is 2. The summed E-state index contributed by atoms with van der Waals surface area (Å²) in [6.45, 7) is 3.16. The predicted molar refractivity (Wildman–Crippen MR) is 74.4 cm³/mol. The van der Waals surface area contributed by atoms with Crippen molar-refractivity contribution in [2.75, 3.05) is 43.6 Å². The molecule has 1 aromatic heterocycles. The Balaban J connectivity index is 2.51. The van der Waals surface area contributed by atoms with Crippen LogP contribution in [0.2, 0.25) is 0 Å². The van der Waals surface area contributed by atoms with E-state index in [0.717, 1.165) is 18.1 Å². The number of pyridine rings is 1. The summed E-state index contributed by atoms with van der Waals surface area (Å²) in [5, 5.41) is 6.16. The van der Waals surface area contributed by atoms with E-state index in [2.05, 4.69) is 15.6 Å². The predicted octanol–water partition coefficient (Wildman–Crippen LogP) is 0.817. The molecular formula is C11H20N4O2S. The molecule has 1 aromatic rings. The van der Waals surface area contributed by atoms with Crippen molar-refractivity contribution >= 4 is 21.5 Å². The largest absolute Gasteiger partial charge is 0.384 e. The zero-order valence-corrected chi connectivity index (χ0v) is 11.8. The van der Waals surface area contributed by atoms with Gasteiger partial charge in [0.15, 0.2) is 0 Å². The molecule has 0 radical (unpaired) electrons. The molecule has 0 atom stereocenters. The van der Waals surface area contributed by atoms with Gasteiger partial charge < -0.3 is 10.6 Å². The van der Waals surface area contributed by atoms with E-state index in [1.54, 1.807) is 6.20 Å². The van der Waals surface area contributed by atoms with Crippen molar-refractivity contribution in [3.05, 3.63) is 18.3 Å². The molecule has 6 nitrogen and oxygen atoms in total. The lowest BCUT2D eigenvalue weighted by Gasteiger charge is -2.12. The van der Waals surface area contributed by atoms with Crippen LogP contribution in [0.5, 0.6) is 0 Å². The van der Waals surface area contributed by atoms with Gasteiger partial charge in [0.25, 0.3) is 0 Å². The summed E-state index contributed by atoms with van der Waals surface area (Å²) in [4.78, 5) is 4.14. The van der Waals surface area contributed by atoms with Crippen molar-refractivity contribution in [2.24, 2.45) is 0 Å². The van der Waals surface area contributed by atoms with Crippen molar-refractivity contribution in [1.82, 2.24) is 9.29 Å². The minimum Gasteiger partial charge on any atom is -0.384 e. The molecule has 1 heterocycles. The molecule has 102 valence electrons. The fraction of sp³-hybridized carbons (Fsp3) is 0.545. The molecule has 2 N–H and O–H groups in total. The lowest BCUT2D eigenvalue weighted by molar-refractivity contribution is 0.521. The van der Waals surface area contributed by atoms with Gasteiger partial charge in [-0.05, 0) is 13.0 Å². The Labute approximate surface area is 108 Å². The molecule has 0 aromatic carbocycles. The van der Waals surface area contributed by atoms with Crippen LogP contribution in [0.4, 0.5) is 11.5 Å². The van der Waals surface area contributed by atoms with Crippen LogP contribution in [-0.2, 0) is 10.0 Å². The summed E-state index contributed by atoms with van der Waals surface area (Å²) in [5.41, 5.74) is 0.856. The number of nitrogens with one attached hydrogen (secondary N) is 2. The summed E-state index contributed by atoms with van der Waals surface area (Å²) in [6, 6.07) is 3.66. The van der Waals surface area contributed by atoms with Gasteiger partial charge in [0.1, 0.15) is 5.82 Å². The molecular weight excluding hydrogens is 252 g/mol. The van der Waals surface area contributed by atoms with Crippen LogP contribution in [0, 0.1) is 0 Å². The maximum absolute atomic E-state index is 11.6. The second kappa shape index (κ2) is 6.55. The number of sulfonamides is 1. The highest BCUT2D eigenvalue weighted by molar-refractivity contribution is 7.89. The van der Waals surface area contributed by atoms with Gasteiger partial charge in [-0.1, -0.05) is 0 Å². The Morgan fingerprint density at radius 1 is 1.33 bits per heavy atom. The van der Waals surface area contributed by atoms with Crippen molar-refractivity contribution in [3.63, 3.8) is 0 Å². The Kier molecular flexibility index (Phi) is 5.36. The molecule has 0 fully saturated rings. The first-order valence-corrected chi connectivity index (χ1v) is 7.40. The van der Waals surface area contributed by atoms with Gasteiger partial charge in [0.05, 0.1) is 5.75 Å². The van der Waals surface area contributed by atoms with Gasteiger partial charge in [-0.2, -0.15) is 0 Å². The zero-order valence-electron chi connectivity index (χ0n) is 11.0. The van der Waals surface area contributed by atoms with E-state index in [0.29, 0.717) is 6.54 Å². The van der Waals surface area contributed by atoms with Crippen LogP contribution >= 0.6 is 0 Å². The third-order valence-electron chi connectivity index (χ3n) is 2.36. The van der Waals surface area contributed by atoms with Crippen LogP contribution in [-0.4, -0.2) is 50.6 Å². The van der Waals surface area contributed by atoms with Crippen molar-refractivity contribution in [2.45, 2.75) is 6.92 Å². The molecule has 0 unspecified atom stereocenters.